The van der Waals surface area contributed by atoms with E-state index in [0.29, 0.717) is 19.4 Å². The van der Waals surface area contributed by atoms with Gasteiger partial charge in [-0.15, -0.1) is 0 Å². The Hall–Kier alpha value is -1.51. The van der Waals surface area contributed by atoms with E-state index in [1.807, 2.05) is 39.0 Å². The molecule has 0 aliphatic rings. The molecule has 1 aromatic rings. The molecule has 1 aromatic heterocycles. The lowest BCUT2D eigenvalue weighted by atomic mass is 10.2. The Labute approximate surface area is 96.1 Å². The van der Waals surface area contributed by atoms with Gasteiger partial charge in [0.1, 0.15) is 11.5 Å². The van der Waals surface area contributed by atoms with Crippen LogP contribution in [0.3, 0.4) is 0 Å². The van der Waals surface area contributed by atoms with E-state index in [9.17, 15) is 4.79 Å². The molecule has 1 heterocycles. The van der Waals surface area contributed by atoms with Gasteiger partial charge in [-0.2, -0.15) is 0 Å². The Kier molecular flexibility index (Phi) is 4.83. The Morgan fingerprint density at radius 3 is 2.81 bits per heavy atom. The minimum atomic E-state index is -0.154. The van der Waals surface area contributed by atoms with Crippen molar-refractivity contribution >= 4 is 12.0 Å². The van der Waals surface area contributed by atoms with Crippen LogP contribution in [0.5, 0.6) is 0 Å². The molecule has 0 atom stereocenters. The second-order valence-electron chi connectivity index (χ2n) is 3.63. The standard InChI is InChI=1S/C13H18O3/c1-4-15-13(14)8-6-5-7-12-9-10(2)11(3)16-12/h5,7,9H,4,6,8H2,1-3H3. The highest BCUT2D eigenvalue weighted by molar-refractivity contribution is 5.69. The van der Waals surface area contributed by atoms with Crippen LogP contribution in [0.4, 0.5) is 0 Å². The summed E-state index contributed by atoms with van der Waals surface area (Å²) in [5.41, 5.74) is 1.14. The van der Waals surface area contributed by atoms with E-state index in [-0.39, 0.29) is 5.97 Å². The monoisotopic (exact) mass is 222 g/mol. The SMILES string of the molecule is CCOC(=O)CCC=Cc1cc(C)c(C)o1. The summed E-state index contributed by atoms with van der Waals surface area (Å²) >= 11 is 0. The fraction of sp³-hybridized carbons (Fsp3) is 0.462. The summed E-state index contributed by atoms with van der Waals surface area (Å²) in [6.07, 6.45) is 4.91. The van der Waals surface area contributed by atoms with Crippen molar-refractivity contribution in [1.29, 1.82) is 0 Å². The third-order valence-electron chi connectivity index (χ3n) is 2.29. The zero-order valence-electron chi connectivity index (χ0n) is 10.1. The van der Waals surface area contributed by atoms with E-state index in [0.717, 1.165) is 17.1 Å². The van der Waals surface area contributed by atoms with Crippen LogP contribution in [0.25, 0.3) is 6.08 Å². The van der Waals surface area contributed by atoms with Crippen LogP contribution in [0.15, 0.2) is 16.6 Å². The number of furan rings is 1. The van der Waals surface area contributed by atoms with Crippen LogP contribution in [0, 0.1) is 13.8 Å². The Morgan fingerprint density at radius 2 is 2.25 bits per heavy atom. The van der Waals surface area contributed by atoms with Gasteiger partial charge in [-0.3, -0.25) is 4.79 Å². The quantitative estimate of drug-likeness (QED) is 0.718. The molecule has 0 radical (unpaired) electrons. The first-order chi connectivity index (χ1) is 7.63. The van der Waals surface area contributed by atoms with Crippen LogP contribution in [0.1, 0.15) is 36.8 Å². The summed E-state index contributed by atoms with van der Waals surface area (Å²) in [6.45, 7) is 6.20. The molecule has 0 spiro atoms. The number of rotatable bonds is 5. The molecule has 0 aliphatic heterocycles. The number of ether oxygens (including phenoxy) is 1. The topological polar surface area (TPSA) is 39.4 Å². The molecule has 0 aliphatic carbocycles. The molecule has 0 saturated carbocycles. The summed E-state index contributed by atoms with van der Waals surface area (Å²) in [6, 6.07) is 1.98. The van der Waals surface area contributed by atoms with E-state index < -0.39 is 0 Å². The van der Waals surface area contributed by atoms with Crippen LogP contribution in [0.2, 0.25) is 0 Å². The molecule has 88 valence electrons. The molecular weight excluding hydrogens is 204 g/mol. The smallest absolute Gasteiger partial charge is 0.306 e. The first-order valence-corrected chi connectivity index (χ1v) is 5.52. The van der Waals surface area contributed by atoms with Gasteiger partial charge >= 0.3 is 5.97 Å². The first kappa shape index (κ1) is 12.6. The second-order valence-corrected chi connectivity index (χ2v) is 3.63. The fourth-order valence-electron chi connectivity index (χ4n) is 1.32. The van der Waals surface area contributed by atoms with Gasteiger partial charge < -0.3 is 9.15 Å². The number of carbonyl (C=O) groups excluding carboxylic acids is 1. The van der Waals surface area contributed by atoms with Gasteiger partial charge in [0.2, 0.25) is 0 Å². The van der Waals surface area contributed by atoms with Crippen molar-refractivity contribution in [2.75, 3.05) is 6.61 Å². The highest BCUT2D eigenvalue weighted by atomic mass is 16.5. The first-order valence-electron chi connectivity index (χ1n) is 5.52. The van der Waals surface area contributed by atoms with E-state index in [1.165, 1.54) is 0 Å². The zero-order valence-corrected chi connectivity index (χ0v) is 10.1. The molecule has 16 heavy (non-hydrogen) atoms. The summed E-state index contributed by atoms with van der Waals surface area (Å²) in [4.78, 5) is 11.0. The summed E-state index contributed by atoms with van der Waals surface area (Å²) in [5, 5.41) is 0. The minimum absolute atomic E-state index is 0.154. The van der Waals surface area contributed by atoms with Gasteiger partial charge in [0.15, 0.2) is 0 Å². The molecule has 0 unspecified atom stereocenters. The number of hydrogen-bond acceptors (Lipinski definition) is 3. The number of esters is 1. The zero-order chi connectivity index (χ0) is 12.0. The Balaban J connectivity index is 2.35. The van der Waals surface area contributed by atoms with Crippen LogP contribution < -0.4 is 0 Å². The maximum Gasteiger partial charge on any atom is 0.306 e. The molecule has 0 fully saturated rings. The van der Waals surface area contributed by atoms with Crippen LogP contribution >= 0.6 is 0 Å². The van der Waals surface area contributed by atoms with Crippen molar-refractivity contribution in [3.63, 3.8) is 0 Å². The van der Waals surface area contributed by atoms with Gasteiger partial charge in [0.25, 0.3) is 0 Å². The number of hydrogen-bond donors (Lipinski definition) is 0. The van der Waals surface area contributed by atoms with Gasteiger partial charge in [0, 0.05) is 6.42 Å². The molecule has 3 nitrogen and oxygen atoms in total. The summed E-state index contributed by atoms with van der Waals surface area (Å²) in [5.74, 6) is 1.61. The highest BCUT2D eigenvalue weighted by Gasteiger charge is 2.00. The Morgan fingerprint density at radius 1 is 1.50 bits per heavy atom. The predicted molar refractivity (Wildman–Crippen MR) is 63.1 cm³/mol. The number of aryl methyl sites for hydroxylation is 2. The fourth-order valence-corrected chi connectivity index (χ4v) is 1.32. The number of carbonyl (C=O) groups is 1. The molecule has 1 rings (SSSR count). The molecule has 0 aromatic carbocycles. The predicted octanol–water partition coefficient (Wildman–Crippen LogP) is 3.25. The van der Waals surface area contributed by atoms with Crippen molar-refractivity contribution in [3.8, 4) is 0 Å². The van der Waals surface area contributed by atoms with Gasteiger partial charge in [-0.1, -0.05) is 6.08 Å². The maximum atomic E-state index is 11.0. The van der Waals surface area contributed by atoms with Crippen molar-refractivity contribution in [3.05, 3.63) is 29.2 Å². The maximum absolute atomic E-state index is 11.0. The average Bonchev–Trinajstić information content (AvgIpc) is 2.54. The largest absolute Gasteiger partial charge is 0.466 e. The molecule has 0 saturated heterocycles. The van der Waals surface area contributed by atoms with Crippen LogP contribution in [-0.4, -0.2) is 12.6 Å². The second kappa shape index (κ2) is 6.16. The van der Waals surface area contributed by atoms with Crippen molar-refractivity contribution in [1.82, 2.24) is 0 Å². The van der Waals surface area contributed by atoms with Crippen molar-refractivity contribution in [2.24, 2.45) is 0 Å². The van der Waals surface area contributed by atoms with Crippen molar-refractivity contribution < 1.29 is 13.9 Å². The van der Waals surface area contributed by atoms with Crippen molar-refractivity contribution in [2.45, 2.75) is 33.6 Å². The van der Waals surface area contributed by atoms with Gasteiger partial charge in [0.05, 0.1) is 6.61 Å². The molecule has 0 bridgehead atoms. The Bertz CT molecular complexity index is 355. The molecule has 3 heteroatoms. The van der Waals surface area contributed by atoms with E-state index >= 15 is 0 Å². The van der Waals surface area contributed by atoms with Crippen LogP contribution in [-0.2, 0) is 9.53 Å². The third kappa shape index (κ3) is 3.93. The van der Waals surface area contributed by atoms with E-state index in [1.54, 1.807) is 0 Å². The van der Waals surface area contributed by atoms with Gasteiger partial charge in [-0.05, 0) is 44.9 Å². The lowest BCUT2D eigenvalue weighted by Gasteiger charge is -1.97. The van der Waals surface area contributed by atoms with E-state index in [2.05, 4.69) is 0 Å². The lowest BCUT2D eigenvalue weighted by molar-refractivity contribution is -0.142. The normalized spacial score (nSPS) is 10.9. The average molecular weight is 222 g/mol. The molecular formula is C13H18O3. The number of allylic oxidation sites excluding steroid dienone is 1. The highest BCUT2D eigenvalue weighted by Crippen LogP contribution is 2.14. The summed E-state index contributed by atoms with van der Waals surface area (Å²) in [7, 11) is 0. The third-order valence-corrected chi connectivity index (χ3v) is 2.29. The molecule has 0 amide bonds. The van der Waals surface area contributed by atoms with Gasteiger partial charge in [-0.25, -0.2) is 0 Å². The van der Waals surface area contributed by atoms with E-state index in [4.69, 9.17) is 9.15 Å². The minimum Gasteiger partial charge on any atom is -0.466 e. The molecule has 0 N–H and O–H groups in total. The lowest BCUT2D eigenvalue weighted by Crippen LogP contribution is -2.02. The summed E-state index contributed by atoms with van der Waals surface area (Å²) < 4.78 is 10.3.